The molecule has 2 fully saturated rings. The summed E-state index contributed by atoms with van der Waals surface area (Å²) in [6, 6.07) is 6.29. The van der Waals surface area contributed by atoms with Crippen LogP contribution in [0.5, 0.6) is 5.75 Å². The highest BCUT2D eigenvalue weighted by Crippen LogP contribution is 2.36. The van der Waals surface area contributed by atoms with E-state index in [0.29, 0.717) is 24.1 Å². The number of carbonyl (C=O) groups excluding carboxylic acids is 3. The molecular formula is C22H26N4O6. The van der Waals surface area contributed by atoms with Gasteiger partial charge in [0.2, 0.25) is 0 Å². The van der Waals surface area contributed by atoms with E-state index in [1.54, 1.807) is 23.1 Å². The molecule has 1 aromatic heterocycles. The smallest absolute Gasteiger partial charge is 0.413 e. The fraction of sp³-hybridized carbons (Fsp3) is 0.455. The number of benzene rings is 1. The second-order valence-corrected chi connectivity index (χ2v) is 8.09. The molecule has 1 aliphatic carbocycles. The summed E-state index contributed by atoms with van der Waals surface area (Å²) < 4.78 is 10.8. The van der Waals surface area contributed by atoms with Gasteiger partial charge in [-0.3, -0.25) is 15.2 Å². The first-order valence-corrected chi connectivity index (χ1v) is 10.7. The number of aromatic nitrogens is 2. The third-order valence-electron chi connectivity index (χ3n) is 5.93. The molecule has 2 aliphatic rings. The first-order valence-electron chi connectivity index (χ1n) is 10.7. The zero-order chi connectivity index (χ0) is 22.5. The number of anilines is 1. The Balaban J connectivity index is 1.26. The molecule has 0 spiro atoms. The summed E-state index contributed by atoms with van der Waals surface area (Å²) in [6.45, 7) is 1.36. The highest BCUT2D eigenvalue weighted by molar-refractivity contribution is 5.84. The molecule has 2 amide bonds. The lowest BCUT2D eigenvalue weighted by molar-refractivity contribution is 0.0708. The standard InChI is InChI=1S/C22H26N4O6/c27-12-17-15(4-3-5-19(17)28)13-31-21(29)23-20-11-18(24-25-20)14-6-7-16(10-14)32-22(30)26-8-1-2-9-26/h3-5,11-12,14,16,28H,1-2,6-10,13H2,(H2,23,24,25,29)/t14-,16+/m0/s1. The molecule has 32 heavy (non-hydrogen) atoms. The Bertz CT molecular complexity index is 985. The minimum Gasteiger partial charge on any atom is -0.507 e. The lowest BCUT2D eigenvalue weighted by Gasteiger charge is -2.19. The number of nitrogens with one attached hydrogen (secondary N) is 2. The van der Waals surface area contributed by atoms with Crippen molar-refractivity contribution in [1.29, 1.82) is 0 Å². The topological polar surface area (TPSA) is 134 Å². The van der Waals surface area contributed by atoms with E-state index >= 15 is 0 Å². The Kier molecular flexibility index (Phi) is 6.58. The summed E-state index contributed by atoms with van der Waals surface area (Å²) in [7, 11) is 0. The van der Waals surface area contributed by atoms with Crippen LogP contribution in [-0.4, -0.2) is 57.9 Å². The third-order valence-corrected chi connectivity index (χ3v) is 5.93. The Hall–Kier alpha value is -3.56. The van der Waals surface area contributed by atoms with E-state index in [4.69, 9.17) is 9.47 Å². The summed E-state index contributed by atoms with van der Waals surface area (Å²) in [5.74, 6) is 0.307. The largest absolute Gasteiger partial charge is 0.507 e. The number of carbonyl (C=O) groups is 3. The van der Waals surface area contributed by atoms with Gasteiger partial charge in [0.05, 0.1) is 5.56 Å². The fourth-order valence-electron chi connectivity index (χ4n) is 4.20. The molecule has 1 saturated heterocycles. The van der Waals surface area contributed by atoms with Crippen molar-refractivity contribution in [3.05, 3.63) is 41.1 Å². The number of hydrogen-bond donors (Lipinski definition) is 3. The van der Waals surface area contributed by atoms with Crippen molar-refractivity contribution in [2.24, 2.45) is 0 Å². The summed E-state index contributed by atoms with van der Waals surface area (Å²) in [4.78, 5) is 37.1. The number of aromatic amines is 1. The van der Waals surface area contributed by atoms with Crippen LogP contribution in [0.1, 0.15) is 59.6 Å². The van der Waals surface area contributed by atoms with Gasteiger partial charge in [0.25, 0.3) is 0 Å². The van der Waals surface area contributed by atoms with Crippen LogP contribution in [0.15, 0.2) is 24.3 Å². The van der Waals surface area contributed by atoms with Crippen LogP contribution in [0.25, 0.3) is 0 Å². The maximum Gasteiger partial charge on any atom is 0.413 e. The van der Waals surface area contributed by atoms with Gasteiger partial charge in [-0.1, -0.05) is 12.1 Å². The Labute approximate surface area is 184 Å². The molecule has 2 heterocycles. The quantitative estimate of drug-likeness (QED) is 0.583. The monoisotopic (exact) mass is 442 g/mol. The lowest BCUT2D eigenvalue weighted by atomic mass is 10.0. The lowest BCUT2D eigenvalue weighted by Crippen LogP contribution is -2.31. The predicted molar refractivity (Wildman–Crippen MR) is 114 cm³/mol. The van der Waals surface area contributed by atoms with Crippen LogP contribution in [-0.2, 0) is 16.1 Å². The van der Waals surface area contributed by atoms with Crippen molar-refractivity contribution in [3.8, 4) is 5.75 Å². The van der Waals surface area contributed by atoms with E-state index in [-0.39, 0.29) is 36.0 Å². The molecule has 3 N–H and O–H groups in total. The number of phenols is 1. The number of likely N-dealkylation sites (tertiary alicyclic amines) is 1. The van der Waals surface area contributed by atoms with Gasteiger partial charge in [-0.15, -0.1) is 0 Å². The van der Waals surface area contributed by atoms with Gasteiger partial charge >= 0.3 is 12.2 Å². The van der Waals surface area contributed by atoms with Crippen molar-refractivity contribution in [2.75, 3.05) is 18.4 Å². The predicted octanol–water partition coefficient (Wildman–Crippen LogP) is 3.55. The average Bonchev–Trinajstić information content (AvgIpc) is 3.54. The average molecular weight is 442 g/mol. The first-order chi connectivity index (χ1) is 15.5. The molecule has 1 saturated carbocycles. The Morgan fingerprint density at radius 1 is 1.28 bits per heavy atom. The number of aromatic hydroxyl groups is 1. The fourth-order valence-corrected chi connectivity index (χ4v) is 4.20. The molecule has 2 aromatic rings. The SMILES string of the molecule is O=Cc1c(O)cccc1COC(=O)Nc1cc([C@H]2CC[C@@H](OC(=O)N3CCCC3)C2)[nH]n1. The second kappa shape index (κ2) is 9.71. The van der Waals surface area contributed by atoms with Gasteiger partial charge in [-0.2, -0.15) is 5.10 Å². The van der Waals surface area contributed by atoms with Crippen molar-refractivity contribution in [2.45, 2.75) is 50.7 Å². The van der Waals surface area contributed by atoms with E-state index < -0.39 is 6.09 Å². The van der Waals surface area contributed by atoms with Crippen LogP contribution < -0.4 is 5.32 Å². The van der Waals surface area contributed by atoms with Crippen LogP contribution >= 0.6 is 0 Å². The first kappa shape index (κ1) is 21.7. The zero-order valence-corrected chi connectivity index (χ0v) is 17.6. The molecule has 10 nitrogen and oxygen atoms in total. The molecule has 10 heteroatoms. The molecule has 0 radical (unpaired) electrons. The number of rotatable bonds is 6. The van der Waals surface area contributed by atoms with E-state index in [0.717, 1.165) is 44.5 Å². The van der Waals surface area contributed by atoms with Crippen molar-refractivity contribution < 1.29 is 29.0 Å². The normalized spacial score (nSPS) is 20.2. The summed E-state index contributed by atoms with van der Waals surface area (Å²) in [6.07, 6.45) is 3.85. The van der Waals surface area contributed by atoms with E-state index in [9.17, 15) is 19.5 Å². The summed E-state index contributed by atoms with van der Waals surface area (Å²) >= 11 is 0. The molecule has 1 aromatic carbocycles. The number of ether oxygens (including phenoxy) is 2. The number of phenolic OH excluding ortho intramolecular Hbond substituents is 1. The Morgan fingerprint density at radius 3 is 2.88 bits per heavy atom. The molecular weight excluding hydrogens is 416 g/mol. The molecule has 0 bridgehead atoms. The molecule has 4 rings (SSSR count). The van der Waals surface area contributed by atoms with Crippen molar-refractivity contribution in [3.63, 3.8) is 0 Å². The van der Waals surface area contributed by atoms with Gasteiger partial charge in [-0.25, -0.2) is 9.59 Å². The highest BCUT2D eigenvalue weighted by Gasteiger charge is 2.31. The van der Waals surface area contributed by atoms with Crippen LogP contribution in [0.4, 0.5) is 15.4 Å². The second-order valence-electron chi connectivity index (χ2n) is 8.09. The maximum absolute atomic E-state index is 12.2. The van der Waals surface area contributed by atoms with Crippen LogP contribution in [0.2, 0.25) is 0 Å². The van der Waals surface area contributed by atoms with Gasteiger partial charge < -0.3 is 19.5 Å². The van der Waals surface area contributed by atoms with E-state index in [1.165, 1.54) is 6.07 Å². The minimum absolute atomic E-state index is 0.0866. The van der Waals surface area contributed by atoms with Gasteiger partial charge in [0.15, 0.2) is 12.1 Å². The van der Waals surface area contributed by atoms with E-state index in [1.807, 2.05) is 0 Å². The van der Waals surface area contributed by atoms with E-state index in [2.05, 4.69) is 15.5 Å². The summed E-state index contributed by atoms with van der Waals surface area (Å²) in [5.41, 5.74) is 1.35. The van der Waals surface area contributed by atoms with Gasteiger partial charge in [-0.05, 0) is 38.2 Å². The number of H-pyrrole nitrogens is 1. The summed E-state index contributed by atoms with van der Waals surface area (Å²) in [5, 5.41) is 19.3. The molecule has 0 unspecified atom stereocenters. The number of aldehydes is 1. The van der Waals surface area contributed by atoms with Crippen LogP contribution in [0, 0.1) is 0 Å². The highest BCUT2D eigenvalue weighted by atomic mass is 16.6. The zero-order valence-electron chi connectivity index (χ0n) is 17.6. The van der Waals surface area contributed by atoms with Gasteiger partial charge in [0.1, 0.15) is 18.5 Å². The number of hydrogen-bond acceptors (Lipinski definition) is 7. The maximum atomic E-state index is 12.2. The molecule has 1 aliphatic heterocycles. The van der Waals surface area contributed by atoms with Crippen LogP contribution in [0.3, 0.4) is 0 Å². The third kappa shape index (κ3) is 5.01. The number of amides is 2. The van der Waals surface area contributed by atoms with Gasteiger partial charge in [0, 0.05) is 36.3 Å². The minimum atomic E-state index is -0.730. The number of nitrogens with zero attached hydrogens (tertiary/aromatic N) is 2. The van der Waals surface area contributed by atoms with Crippen molar-refractivity contribution in [1.82, 2.24) is 15.1 Å². The molecule has 2 atom stereocenters. The van der Waals surface area contributed by atoms with Crippen molar-refractivity contribution >= 4 is 24.3 Å². The Morgan fingerprint density at radius 2 is 2.09 bits per heavy atom. The molecule has 170 valence electrons.